The summed E-state index contributed by atoms with van der Waals surface area (Å²) in [6.07, 6.45) is 1.20. The standard InChI is InChI=1S/C8H9BN2/c1-5-2-8(11)6(4-10)3-7(5)9/h2-4,10H,11H2,1H3. The summed E-state index contributed by atoms with van der Waals surface area (Å²) >= 11 is 0. The minimum atomic E-state index is 0.603. The average molecular weight is 144 g/mol. The van der Waals surface area contributed by atoms with E-state index in [2.05, 4.69) is 0 Å². The summed E-state index contributed by atoms with van der Waals surface area (Å²) in [6, 6.07) is 3.48. The molecule has 0 unspecified atom stereocenters. The first-order chi connectivity index (χ1) is 5.15. The molecular weight excluding hydrogens is 135 g/mol. The highest BCUT2D eigenvalue weighted by atomic mass is 14.6. The van der Waals surface area contributed by atoms with Crippen LogP contribution in [-0.4, -0.2) is 14.1 Å². The lowest BCUT2D eigenvalue weighted by Crippen LogP contribution is -2.10. The molecule has 0 aliphatic carbocycles. The van der Waals surface area contributed by atoms with Crippen molar-refractivity contribution >= 4 is 25.2 Å². The molecular formula is C8H9BN2. The van der Waals surface area contributed by atoms with E-state index in [1.807, 2.05) is 6.92 Å². The van der Waals surface area contributed by atoms with Gasteiger partial charge in [0.25, 0.3) is 0 Å². The Labute approximate surface area is 67.3 Å². The first-order valence-corrected chi connectivity index (χ1v) is 3.31. The zero-order valence-corrected chi connectivity index (χ0v) is 6.39. The fourth-order valence-corrected chi connectivity index (χ4v) is 0.890. The fourth-order valence-electron chi connectivity index (χ4n) is 0.890. The molecule has 3 N–H and O–H groups in total. The van der Waals surface area contributed by atoms with Crippen molar-refractivity contribution in [3.05, 3.63) is 23.3 Å². The molecule has 0 heterocycles. The van der Waals surface area contributed by atoms with Crippen molar-refractivity contribution in [2.45, 2.75) is 6.92 Å². The van der Waals surface area contributed by atoms with E-state index < -0.39 is 0 Å². The third-order valence-corrected chi connectivity index (χ3v) is 1.63. The Morgan fingerprint density at radius 3 is 2.73 bits per heavy atom. The van der Waals surface area contributed by atoms with E-state index in [0.717, 1.165) is 5.56 Å². The highest BCUT2D eigenvalue weighted by Crippen LogP contribution is 2.08. The van der Waals surface area contributed by atoms with Crippen LogP contribution in [0, 0.1) is 12.3 Å². The number of rotatable bonds is 1. The predicted octanol–water partition coefficient (Wildman–Crippen LogP) is 0.369. The van der Waals surface area contributed by atoms with Crippen LogP contribution in [0.2, 0.25) is 0 Å². The summed E-state index contributed by atoms with van der Waals surface area (Å²) < 4.78 is 0. The van der Waals surface area contributed by atoms with Crippen LogP contribution in [0.15, 0.2) is 12.1 Å². The molecule has 1 aromatic rings. The molecule has 2 nitrogen and oxygen atoms in total. The lowest BCUT2D eigenvalue weighted by molar-refractivity contribution is 1.49. The molecule has 0 fully saturated rings. The van der Waals surface area contributed by atoms with Crippen LogP contribution < -0.4 is 11.2 Å². The molecule has 0 aromatic heterocycles. The SMILES string of the molecule is [B]c1cc(C=N)c(N)cc1C. The molecule has 1 aromatic carbocycles. The minimum Gasteiger partial charge on any atom is -0.398 e. The Kier molecular flexibility index (Phi) is 1.99. The molecule has 11 heavy (non-hydrogen) atoms. The number of anilines is 1. The van der Waals surface area contributed by atoms with Gasteiger partial charge in [0.2, 0.25) is 0 Å². The van der Waals surface area contributed by atoms with E-state index in [-0.39, 0.29) is 0 Å². The molecule has 3 heteroatoms. The Morgan fingerprint density at radius 2 is 2.18 bits per heavy atom. The van der Waals surface area contributed by atoms with Crippen LogP contribution in [0.5, 0.6) is 0 Å². The maximum absolute atomic E-state index is 6.99. The monoisotopic (exact) mass is 144 g/mol. The zero-order valence-electron chi connectivity index (χ0n) is 6.39. The van der Waals surface area contributed by atoms with Crippen molar-refractivity contribution in [2.24, 2.45) is 0 Å². The van der Waals surface area contributed by atoms with Gasteiger partial charge in [-0.2, -0.15) is 0 Å². The molecule has 0 aliphatic heterocycles. The van der Waals surface area contributed by atoms with E-state index in [1.165, 1.54) is 6.21 Å². The van der Waals surface area contributed by atoms with Gasteiger partial charge in [0.05, 0.1) is 0 Å². The van der Waals surface area contributed by atoms with Crippen molar-refractivity contribution in [1.29, 1.82) is 5.41 Å². The number of nitrogen functional groups attached to an aromatic ring is 1. The van der Waals surface area contributed by atoms with Gasteiger partial charge < -0.3 is 11.1 Å². The smallest absolute Gasteiger partial charge is 0.114 e. The van der Waals surface area contributed by atoms with Crippen molar-refractivity contribution in [2.75, 3.05) is 5.73 Å². The van der Waals surface area contributed by atoms with Crippen LogP contribution in [0.3, 0.4) is 0 Å². The highest BCUT2D eigenvalue weighted by Gasteiger charge is 1.97. The molecule has 54 valence electrons. The third-order valence-electron chi connectivity index (χ3n) is 1.63. The Hall–Kier alpha value is -1.25. The summed E-state index contributed by atoms with van der Waals surface area (Å²) in [6.45, 7) is 1.89. The minimum absolute atomic E-state index is 0.603. The normalized spacial score (nSPS) is 9.55. The largest absolute Gasteiger partial charge is 0.398 e. The number of nitrogens with one attached hydrogen (secondary N) is 1. The van der Waals surface area contributed by atoms with Gasteiger partial charge >= 0.3 is 0 Å². The van der Waals surface area contributed by atoms with Gasteiger partial charge in [-0.15, -0.1) is 0 Å². The highest BCUT2D eigenvalue weighted by molar-refractivity contribution is 6.33. The van der Waals surface area contributed by atoms with Gasteiger partial charge in [0.15, 0.2) is 0 Å². The summed E-state index contributed by atoms with van der Waals surface area (Å²) in [5.74, 6) is 0. The summed E-state index contributed by atoms with van der Waals surface area (Å²) in [7, 11) is 5.61. The van der Waals surface area contributed by atoms with Crippen molar-refractivity contribution in [3.8, 4) is 0 Å². The Balaban J connectivity index is 3.31. The predicted molar refractivity (Wildman–Crippen MR) is 48.9 cm³/mol. The van der Waals surface area contributed by atoms with Gasteiger partial charge in [-0.1, -0.05) is 17.1 Å². The van der Waals surface area contributed by atoms with Crippen LogP contribution in [0.1, 0.15) is 11.1 Å². The second kappa shape index (κ2) is 2.78. The molecule has 0 aliphatic rings. The third kappa shape index (κ3) is 1.42. The zero-order chi connectivity index (χ0) is 8.43. The van der Waals surface area contributed by atoms with Gasteiger partial charge in [-0.3, -0.25) is 0 Å². The van der Waals surface area contributed by atoms with Crippen LogP contribution in [-0.2, 0) is 0 Å². The number of nitrogens with two attached hydrogens (primary N) is 1. The van der Waals surface area contributed by atoms with Crippen LogP contribution in [0.4, 0.5) is 5.69 Å². The van der Waals surface area contributed by atoms with E-state index in [4.69, 9.17) is 19.0 Å². The molecule has 0 saturated carbocycles. The van der Waals surface area contributed by atoms with Gasteiger partial charge in [0, 0.05) is 17.5 Å². The van der Waals surface area contributed by atoms with Gasteiger partial charge in [-0.05, 0) is 13.0 Å². The van der Waals surface area contributed by atoms with E-state index in [9.17, 15) is 0 Å². The molecule has 2 radical (unpaired) electrons. The molecule has 0 atom stereocenters. The number of aryl methyl sites for hydroxylation is 1. The van der Waals surface area contributed by atoms with Crippen LogP contribution >= 0.6 is 0 Å². The number of hydrogen-bond donors (Lipinski definition) is 2. The molecule has 0 spiro atoms. The van der Waals surface area contributed by atoms with E-state index >= 15 is 0 Å². The van der Waals surface area contributed by atoms with Gasteiger partial charge in [0.1, 0.15) is 7.85 Å². The topological polar surface area (TPSA) is 49.9 Å². The quantitative estimate of drug-likeness (QED) is 0.334. The second-order valence-electron chi connectivity index (χ2n) is 2.48. The van der Waals surface area contributed by atoms with E-state index in [0.29, 0.717) is 16.7 Å². The lowest BCUT2D eigenvalue weighted by Gasteiger charge is -2.04. The molecule has 0 amide bonds. The van der Waals surface area contributed by atoms with Crippen molar-refractivity contribution in [3.63, 3.8) is 0 Å². The number of hydrogen-bond acceptors (Lipinski definition) is 2. The Bertz CT molecular complexity index is 294. The second-order valence-corrected chi connectivity index (χ2v) is 2.48. The average Bonchev–Trinajstić information content (AvgIpc) is 1.97. The Morgan fingerprint density at radius 1 is 1.55 bits per heavy atom. The van der Waals surface area contributed by atoms with Crippen molar-refractivity contribution < 1.29 is 0 Å². The van der Waals surface area contributed by atoms with E-state index in [1.54, 1.807) is 12.1 Å². The first kappa shape index (κ1) is 7.86. The van der Waals surface area contributed by atoms with Crippen molar-refractivity contribution in [1.82, 2.24) is 0 Å². The maximum Gasteiger partial charge on any atom is 0.114 e. The fraction of sp³-hybridized carbons (Fsp3) is 0.125. The summed E-state index contributed by atoms with van der Waals surface area (Å²) in [5.41, 5.74) is 8.50. The van der Waals surface area contributed by atoms with Crippen LogP contribution in [0.25, 0.3) is 0 Å². The molecule has 0 saturated heterocycles. The summed E-state index contributed by atoms with van der Waals surface area (Å²) in [4.78, 5) is 0. The number of benzene rings is 1. The summed E-state index contributed by atoms with van der Waals surface area (Å²) in [5, 5.41) is 6.99. The van der Waals surface area contributed by atoms with Gasteiger partial charge in [-0.25, -0.2) is 0 Å². The lowest BCUT2D eigenvalue weighted by atomic mass is 9.89. The molecule has 0 bridgehead atoms. The first-order valence-electron chi connectivity index (χ1n) is 3.31. The molecule has 1 rings (SSSR count). The maximum atomic E-state index is 6.99.